The van der Waals surface area contributed by atoms with Crippen LogP contribution in [0.3, 0.4) is 0 Å². The van der Waals surface area contributed by atoms with E-state index in [1.54, 1.807) is 18.2 Å². The highest BCUT2D eigenvalue weighted by Crippen LogP contribution is 2.42. The Bertz CT molecular complexity index is 1630. The highest BCUT2D eigenvalue weighted by Gasteiger charge is 2.22. The average molecular weight is 538 g/mol. The van der Waals surface area contributed by atoms with Crippen LogP contribution < -0.4 is 0 Å². The molecule has 36 heavy (non-hydrogen) atoms. The van der Waals surface area contributed by atoms with Crippen LogP contribution >= 0.6 is 15.9 Å². The first-order chi connectivity index (χ1) is 17.5. The predicted octanol–water partition coefficient (Wildman–Crippen LogP) is 8.17. The van der Waals surface area contributed by atoms with Gasteiger partial charge in [0.05, 0.1) is 11.1 Å². The van der Waals surface area contributed by atoms with Gasteiger partial charge in [-0.2, -0.15) is 5.26 Å². The molecule has 0 atom stereocenters. The van der Waals surface area contributed by atoms with Crippen molar-refractivity contribution in [3.05, 3.63) is 117 Å². The first-order valence-electron chi connectivity index (χ1n) is 10.8. The predicted molar refractivity (Wildman–Crippen MR) is 140 cm³/mol. The van der Waals surface area contributed by atoms with E-state index >= 15 is 0 Å². The minimum absolute atomic E-state index is 0.0238. The van der Waals surface area contributed by atoms with Crippen LogP contribution in [0, 0.1) is 21.4 Å². The largest absolute Gasteiger partial charge is 0.455 e. The van der Waals surface area contributed by atoms with E-state index in [1.807, 2.05) is 60.7 Å². The number of non-ortho nitro benzene ring substituents is 1. The Morgan fingerprint density at radius 1 is 0.917 bits per heavy atom. The first-order valence-corrected chi connectivity index (χ1v) is 11.6. The molecule has 0 aliphatic carbocycles. The van der Waals surface area contributed by atoms with Crippen molar-refractivity contribution in [2.45, 2.75) is 0 Å². The molecule has 0 spiro atoms. The van der Waals surface area contributed by atoms with Gasteiger partial charge in [-0.05, 0) is 39.7 Å². The van der Waals surface area contributed by atoms with Gasteiger partial charge in [-0.1, -0.05) is 60.7 Å². The van der Waals surface area contributed by atoms with Crippen LogP contribution in [0.2, 0.25) is 0 Å². The lowest BCUT2D eigenvalue weighted by Crippen LogP contribution is -1.88. The Morgan fingerprint density at radius 3 is 2.25 bits per heavy atom. The fraction of sp³-hybridized carbons (Fsp3) is 0. The summed E-state index contributed by atoms with van der Waals surface area (Å²) >= 11 is 3.36. The molecule has 0 saturated carbocycles. The molecule has 3 aromatic carbocycles. The maximum Gasteiger partial charge on any atom is 0.270 e. The number of halogens is 1. The number of nitro groups is 1. The molecular weight excluding hydrogens is 522 g/mol. The normalized spacial score (nSPS) is 11.0. The number of hydrogen-bond donors (Lipinski definition) is 0. The van der Waals surface area contributed by atoms with E-state index in [0.29, 0.717) is 38.4 Å². The molecule has 0 N–H and O–H groups in total. The number of benzene rings is 3. The summed E-state index contributed by atoms with van der Waals surface area (Å²) < 4.78 is 12.5. The van der Waals surface area contributed by atoms with Crippen molar-refractivity contribution in [1.82, 2.24) is 0 Å². The summed E-state index contributed by atoms with van der Waals surface area (Å²) in [6.07, 6.45) is 1.48. The van der Waals surface area contributed by atoms with Gasteiger partial charge in [0.15, 0.2) is 0 Å². The molecule has 0 aliphatic rings. The third-order valence-electron chi connectivity index (χ3n) is 5.46. The Labute approximate surface area is 214 Å². The summed E-state index contributed by atoms with van der Waals surface area (Å²) in [4.78, 5) is 15.0. The second-order valence-electron chi connectivity index (χ2n) is 7.71. The molecule has 2 heterocycles. The zero-order valence-corrected chi connectivity index (χ0v) is 20.2. The van der Waals surface area contributed by atoms with E-state index in [1.165, 1.54) is 18.3 Å². The summed E-state index contributed by atoms with van der Waals surface area (Å²) in [5, 5.41) is 21.0. The van der Waals surface area contributed by atoms with Gasteiger partial charge < -0.3 is 8.83 Å². The van der Waals surface area contributed by atoms with Crippen LogP contribution in [0.15, 0.2) is 109 Å². The standard InChI is InChI=1S/C28H16BrN3O4/c29-24-15-20(32(33)34)11-13-22(24)25-14-12-21(35-25)17-31-28-23(16-30)26(18-7-3-1-4-8-18)27(36-28)19-9-5-2-6-10-19/h1-15,17H. The molecular formula is C28H16BrN3O4. The SMILES string of the molecule is N#Cc1c(N=Cc2ccc(-c3ccc([N+](=O)[O-])cc3Br)o2)oc(-c2ccccc2)c1-c1ccccc1. The van der Waals surface area contributed by atoms with Crippen LogP contribution in [-0.2, 0) is 0 Å². The number of aliphatic imine (C=N–C) groups is 1. The van der Waals surface area contributed by atoms with Crippen LogP contribution in [0.25, 0.3) is 33.8 Å². The molecule has 0 radical (unpaired) electrons. The quantitative estimate of drug-likeness (QED) is 0.123. The zero-order valence-electron chi connectivity index (χ0n) is 18.6. The van der Waals surface area contributed by atoms with Crippen molar-refractivity contribution in [2.24, 2.45) is 4.99 Å². The third kappa shape index (κ3) is 4.48. The molecule has 0 aliphatic heterocycles. The Hall–Kier alpha value is -4.74. The van der Waals surface area contributed by atoms with Gasteiger partial charge in [-0.15, -0.1) is 0 Å². The minimum Gasteiger partial charge on any atom is -0.455 e. The summed E-state index contributed by atoms with van der Waals surface area (Å²) in [5.74, 6) is 1.66. The van der Waals surface area contributed by atoms with E-state index in [9.17, 15) is 15.4 Å². The van der Waals surface area contributed by atoms with Crippen molar-refractivity contribution >= 4 is 33.7 Å². The van der Waals surface area contributed by atoms with Crippen LogP contribution in [-0.4, -0.2) is 11.1 Å². The van der Waals surface area contributed by atoms with Crippen molar-refractivity contribution in [2.75, 3.05) is 0 Å². The lowest BCUT2D eigenvalue weighted by atomic mass is 9.98. The smallest absolute Gasteiger partial charge is 0.270 e. The molecule has 8 heteroatoms. The fourth-order valence-electron chi connectivity index (χ4n) is 3.79. The zero-order chi connectivity index (χ0) is 25.1. The number of rotatable bonds is 6. The van der Waals surface area contributed by atoms with Crippen molar-refractivity contribution in [3.8, 4) is 39.8 Å². The molecule has 5 rings (SSSR count). The lowest BCUT2D eigenvalue weighted by molar-refractivity contribution is -0.384. The van der Waals surface area contributed by atoms with E-state index in [4.69, 9.17) is 8.83 Å². The molecule has 0 saturated heterocycles. The van der Waals surface area contributed by atoms with Crippen molar-refractivity contribution < 1.29 is 13.8 Å². The Morgan fingerprint density at radius 2 is 1.61 bits per heavy atom. The Kier molecular flexibility index (Phi) is 6.31. The second-order valence-corrected chi connectivity index (χ2v) is 8.57. The molecule has 7 nitrogen and oxygen atoms in total. The summed E-state index contributed by atoms with van der Waals surface area (Å²) in [7, 11) is 0. The number of hydrogen-bond acceptors (Lipinski definition) is 6. The number of nitriles is 1. The molecule has 5 aromatic rings. The van der Waals surface area contributed by atoms with Gasteiger partial charge in [0, 0.05) is 33.3 Å². The summed E-state index contributed by atoms with van der Waals surface area (Å²) in [6, 6.07) is 29.3. The maximum atomic E-state index is 11.0. The second kappa shape index (κ2) is 9.86. The van der Waals surface area contributed by atoms with Gasteiger partial charge in [-0.25, -0.2) is 4.99 Å². The monoisotopic (exact) mass is 537 g/mol. The van der Waals surface area contributed by atoms with Gasteiger partial charge in [-0.3, -0.25) is 10.1 Å². The topological polar surface area (TPSA) is 106 Å². The molecule has 0 bridgehead atoms. The van der Waals surface area contributed by atoms with Crippen molar-refractivity contribution in [3.63, 3.8) is 0 Å². The van der Waals surface area contributed by atoms with Gasteiger partial charge in [0.25, 0.3) is 5.69 Å². The summed E-state index contributed by atoms with van der Waals surface area (Å²) in [5.41, 5.74) is 3.31. The number of nitrogens with zero attached hydrogens (tertiary/aromatic N) is 3. The number of furan rings is 2. The van der Waals surface area contributed by atoms with Gasteiger partial charge in [0.2, 0.25) is 5.88 Å². The van der Waals surface area contributed by atoms with E-state index in [-0.39, 0.29) is 11.6 Å². The van der Waals surface area contributed by atoms with E-state index in [2.05, 4.69) is 27.0 Å². The van der Waals surface area contributed by atoms with Gasteiger partial charge in [0.1, 0.15) is 28.9 Å². The van der Waals surface area contributed by atoms with Gasteiger partial charge >= 0.3 is 0 Å². The molecule has 0 amide bonds. The van der Waals surface area contributed by atoms with E-state index < -0.39 is 4.92 Å². The molecule has 0 fully saturated rings. The maximum absolute atomic E-state index is 11.0. The van der Waals surface area contributed by atoms with Crippen LogP contribution in [0.1, 0.15) is 11.3 Å². The summed E-state index contributed by atoms with van der Waals surface area (Å²) in [6.45, 7) is 0. The van der Waals surface area contributed by atoms with E-state index in [0.717, 1.165) is 11.1 Å². The van der Waals surface area contributed by atoms with Crippen LogP contribution in [0.4, 0.5) is 11.6 Å². The molecule has 0 unspecified atom stereocenters. The van der Waals surface area contributed by atoms with Crippen molar-refractivity contribution in [1.29, 1.82) is 5.26 Å². The lowest BCUT2D eigenvalue weighted by Gasteiger charge is -2.03. The first kappa shape index (κ1) is 23.0. The Balaban J connectivity index is 1.53. The number of nitro benzene ring substituents is 1. The third-order valence-corrected chi connectivity index (χ3v) is 6.12. The fourth-order valence-corrected chi connectivity index (χ4v) is 4.36. The van der Waals surface area contributed by atoms with Crippen LogP contribution in [0.5, 0.6) is 0 Å². The average Bonchev–Trinajstić information content (AvgIpc) is 3.53. The minimum atomic E-state index is -0.460. The highest BCUT2D eigenvalue weighted by atomic mass is 79.9. The molecule has 2 aromatic heterocycles. The highest BCUT2D eigenvalue weighted by molar-refractivity contribution is 9.10. The molecule has 174 valence electrons.